The van der Waals surface area contributed by atoms with Gasteiger partial charge in [0.15, 0.2) is 5.96 Å². The van der Waals surface area contributed by atoms with Gasteiger partial charge >= 0.3 is 0 Å². The quantitative estimate of drug-likeness (QED) is 0.339. The van der Waals surface area contributed by atoms with Crippen LogP contribution in [-0.2, 0) is 22.6 Å². The lowest BCUT2D eigenvalue weighted by molar-refractivity contribution is 0.0888. The van der Waals surface area contributed by atoms with Crippen molar-refractivity contribution in [2.45, 2.75) is 46.2 Å². The Morgan fingerprint density at radius 2 is 1.94 bits per heavy atom. The first-order valence-corrected chi connectivity index (χ1v) is 12.0. The third-order valence-corrected chi connectivity index (χ3v) is 6.26. The normalized spacial score (nSPS) is 25.0. The van der Waals surface area contributed by atoms with Gasteiger partial charge in [-0.25, -0.2) is 0 Å². The molecule has 2 saturated heterocycles. The number of nitrogens with one attached hydrogen (secondary N) is 2. The number of hydrogen-bond acceptors (Lipinski definition) is 4. The summed E-state index contributed by atoms with van der Waals surface area (Å²) in [5.74, 6) is 3.00. The Kier molecular flexibility index (Phi) is 10.1. The van der Waals surface area contributed by atoms with E-state index in [1.54, 1.807) is 0 Å². The van der Waals surface area contributed by atoms with Gasteiger partial charge in [0.2, 0.25) is 0 Å². The summed E-state index contributed by atoms with van der Waals surface area (Å²) in [6.45, 7) is 13.1. The maximum absolute atomic E-state index is 5.78. The summed E-state index contributed by atoms with van der Waals surface area (Å²) in [5.41, 5.74) is 2.76. The fourth-order valence-electron chi connectivity index (χ4n) is 4.79. The summed E-state index contributed by atoms with van der Waals surface area (Å²) < 4.78 is 11.2. The van der Waals surface area contributed by atoms with Crippen molar-refractivity contribution in [3.05, 3.63) is 35.4 Å². The molecular formula is C25H42N4O2. The third kappa shape index (κ3) is 8.43. The van der Waals surface area contributed by atoms with E-state index < -0.39 is 0 Å². The average Bonchev–Trinajstić information content (AvgIpc) is 3.26. The average molecular weight is 431 g/mol. The Morgan fingerprint density at radius 3 is 2.65 bits per heavy atom. The molecule has 2 N–H and O–H groups in total. The molecule has 3 rings (SSSR count). The second-order valence-corrected chi connectivity index (χ2v) is 9.42. The van der Waals surface area contributed by atoms with Crippen molar-refractivity contribution in [2.24, 2.45) is 22.7 Å². The van der Waals surface area contributed by atoms with Crippen LogP contribution in [0.25, 0.3) is 0 Å². The Hall–Kier alpha value is -1.63. The van der Waals surface area contributed by atoms with Crippen LogP contribution in [0.2, 0.25) is 0 Å². The first-order chi connectivity index (χ1) is 15.1. The number of hydrogen-bond donors (Lipinski definition) is 2. The zero-order valence-corrected chi connectivity index (χ0v) is 19.7. The predicted octanol–water partition coefficient (Wildman–Crippen LogP) is 3.27. The second-order valence-electron chi connectivity index (χ2n) is 9.42. The van der Waals surface area contributed by atoms with Gasteiger partial charge in [-0.3, -0.25) is 9.89 Å². The van der Waals surface area contributed by atoms with Crippen molar-refractivity contribution in [1.82, 2.24) is 15.5 Å². The Morgan fingerprint density at radius 1 is 1.16 bits per heavy atom. The first kappa shape index (κ1) is 24.0. The molecule has 2 aliphatic heterocycles. The van der Waals surface area contributed by atoms with Crippen molar-refractivity contribution in [3.8, 4) is 0 Å². The lowest BCUT2D eigenvalue weighted by Gasteiger charge is -2.35. The highest BCUT2D eigenvalue weighted by atomic mass is 16.5. The van der Waals surface area contributed by atoms with Crippen LogP contribution < -0.4 is 10.6 Å². The van der Waals surface area contributed by atoms with Gasteiger partial charge in [0, 0.05) is 58.9 Å². The third-order valence-electron chi connectivity index (χ3n) is 6.26. The molecule has 0 amide bonds. The molecule has 0 aliphatic carbocycles. The summed E-state index contributed by atoms with van der Waals surface area (Å²) in [6, 6.07) is 8.78. The SMILES string of the molecule is CN=C(NCCCOCC1CCOC1)NCc1ccccc1CN1CC(C)CC(C)C1. The molecule has 1 aromatic rings. The van der Waals surface area contributed by atoms with Crippen LogP contribution in [0.4, 0.5) is 0 Å². The summed E-state index contributed by atoms with van der Waals surface area (Å²) in [7, 11) is 1.83. The molecule has 0 aromatic heterocycles. The number of nitrogens with zero attached hydrogens (tertiary/aromatic N) is 2. The molecule has 2 heterocycles. The molecule has 2 aliphatic rings. The topological polar surface area (TPSA) is 58.1 Å². The second kappa shape index (κ2) is 13.0. The van der Waals surface area contributed by atoms with Gasteiger partial charge in [-0.15, -0.1) is 0 Å². The van der Waals surface area contributed by atoms with Gasteiger partial charge in [-0.1, -0.05) is 38.1 Å². The van der Waals surface area contributed by atoms with Gasteiger partial charge in [-0.05, 0) is 42.2 Å². The highest BCUT2D eigenvalue weighted by Gasteiger charge is 2.22. The molecule has 1 aromatic carbocycles. The maximum Gasteiger partial charge on any atom is 0.191 e. The van der Waals surface area contributed by atoms with E-state index in [2.05, 4.69) is 58.6 Å². The molecular weight excluding hydrogens is 388 g/mol. The van der Waals surface area contributed by atoms with E-state index in [-0.39, 0.29) is 0 Å². The van der Waals surface area contributed by atoms with Gasteiger partial charge < -0.3 is 20.1 Å². The van der Waals surface area contributed by atoms with Crippen LogP contribution >= 0.6 is 0 Å². The Bertz CT molecular complexity index is 665. The van der Waals surface area contributed by atoms with Crippen LogP contribution in [0.1, 0.15) is 44.2 Å². The smallest absolute Gasteiger partial charge is 0.191 e. The molecule has 3 unspecified atom stereocenters. The van der Waals surface area contributed by atoms with Crippen molar-refractivity contribution < 1.29 is 9.47 Å². The summed E-state index contributed by atoms with van der Waals surface area (Å²) >= 11 is 0. The zero-order valence-electron chi connectivity index (χ0n) is 19.7. The summed E-state index contributed by atoms with van der Waals surface area (Å²) in [4.78, 5) is 6.99. The van der Waals surface area contributed by atoms with Crippen LogP contribution in [0.15, 0.2) is 29.3 Å². The first-order valence-electron chi connectivity index (χ1n) is 12.0. The molecule has 31 heavy (non-hydrogen) atoms. The van der Waals surface area contributed by atoms with Crippen molar-refractivity contribution >= 4 is 5.96 Å². The highest BCUT2D eigenvalue weighted by Crippen LogP contribution is 2.23. The monoisotopic (exact) mass is 430 g/mol. The number of rotatable bonds is 10. The van der Waals surface area contributed by atoms with E-state index in [1.807, 2.05) is 7.05 Å². The number of benzene rings is 1. The highest BCUT2D eigenvalue weighted by molar-refractivity contribution is 5.79. The van der Waals surface area contributed by atoms with Gasteiger partial charge in [0.05, 0.1) is 13.2 Å². The van der Waals surface area contributed by atoms with E-state index in [4.69, 9.17) is 9.47 Å². The number of ether oxygens (including phenoxy) is 2. The van der Waals surface area contributed by atoms with Crippen molar-refractivity contribution in [3.63, 3.8) is 0 Å². The largest absolute Gasteiger partial charge is 0.381 e. The minimum atomic E-state index is 0.582. The van der Waals surface area contributed by atoms with Gasteiger partial charge in [-0.2, -0.15) is 0 Å². The predicted molar refractivity (Wildman–Crippen MR) is 127 cm³/mol. The summed E-state index contributed by atoms with van der Waals surface area (Å²) in [6.07, 6.45) is 3.45. The lowest BCUT2D eigenvalue weighted by Crippen LogP contribution is -2.39. The van der Waals surface area contributed by atoms with Gasteiger partial charge in [0.1, 0.15) is 0 Å². The number of likely N-dealkylation sites (tertiary alicyclic amines) is 1. The Balaban J connectivity index is 1.38. The number of aliphatic imine (C=N–C) groups is 1. The van der Waals surface area contributed by atoms with E-state index in [0.29, 0.717) is 5.92 Å². The van der Waals surface area contributed by atoms with Crippen LogP contribution in [0.3, 0.4) is 0 Å². The molecule has 0 bridgehead atoms. The minimum absolute atomic E-state index is 0.582. The fourth-order valence-corrected chi connectivity index (χ4v) is 4.79. The standard InChI is InChI=1S/C25H42N4O2/c1-20-13-21(2)16-29(15-20)17-24-8-5-4-7-23(24)14-28-25(26-3)27-10-6-11-30-18-22-9-12-31-19-22/h4-5,7-8,20-22H,6,9-19H2,1-3H3,(H2,26,27,28). The molecule has 6 heteroatoms. The molecule has 174 valence electrons. The van der Waals surface area contributed by atoms with E-state index in [1.165, 1.54) is 30.6 Å². The van der Waals surface area contributed by atoms with Crippen LogP contribution in [-0.4, -0.2) is 64.0 Å². The number of guanidine groups is 1. The van der Waals surface area contributed by atoms with Crippen molar-refractivity contribution in [1.29, 1.82) is 0 Å². The van der Waals surface area contributed by atoms with E-state index >= 15 is 0 Å². The lowest BCUT2D eigenvalue weighted by atomic mass is 9.91. The van der Waals surface area contributed by atoms with Gasteiger partial charge in [0.25, 0.3) is 0 Å². The molecule has 6 nitrogen and oxygen atoms in total. The molecule has 0 spiro atoms. The zero-order chi connectivity index (χ0) is 21.9. The van der Waals surface area contributed by atoms with Crippen LogP contribution in [0.5, 0.6) is 0 Å². The van der Waals surface area contributed by atoms with E-state index in [0.717, 1.165) is 76.7 Å². The molecule has 3 atom stereocenters. The Labute approximate surface area is 188 Å². The van der Waals surface area contributed by atoms with Crippen molar-refractivity contribution in [2.75, 3.05) is 53.1 Å². The molecule has 2 fully saturated rings. The van der Waals surface area contributed by atoms with E-state index in [9.17, 15) is 0 Å². The fraction of sp³-hybridized carbons (Fsp3) is 0.720. The molecule has 0 saturated carbocycles. The molecule has 0 radical (unpaired) electrons. The summed E-state index contributed by atoms with van der Waals surface area (Å²) in [5, 5.41) is 6.88. The van der Waals surface area contributed by atoms with Crippen LogP contribution in [0, 0.1) is 17.8 Å². The maximum atomic E-state index is 5.78. The minimum Gasteiger partial charge on any atom is -0.381 e. The number of piperidine rings is 1.